The summed E-state index contributed by atoms with van der Waals surface area (Å²) in [6, 6.07) is 7.09. The van der Waals surface area contributed by atoms with Gasteiger partial charge in [0.25, 0.3) is 11.8 Å². The highest BCUT2D eigenvalue weighted by molar-refractivity contribution is 6.07. The van der Waals surface area contributed by atoms with Crippen molar-refractivity contribution in [2.45, 2.75) is 52.5 Å². The summed E-state index contributed by atoms with van der Waals surface area (Å²) >= 11 is 0. The number of rotatable bonds is 5. The van der Waals surface area contributed by atoms with Crippen molar-refractivity contribution in [1.82, 2.24) is 10.3 Å². The molecule has 0 atom stereocenters. The van der Waals surface area contributed by atoms with E-state index in [1.54, 1.807) is 38.1 Å². The van der Waals surface area contributed by atoms with Crippen LogP contribution in [0, 0.1) is 13.8 Å². The number of amides is 2. The van der Waals surface area contributed by atoms with Crippen molar-refractivity contribution < 1.29 is 14.4 Å². The fourth-order valence-electron chi connectivity index (χ4n) is 3.74. The summed E-state index contributed by atoms with van der Waals surface area (Å²) in [6.07, 6.45) is 4.41. The Kier molecular flexibility index (Phi) is 5.44. The summed E-state index contributed by atoms with van der Waals surface area (Å²) in [6.45, 7) is 5.02. The van der Waals surface area contributed by atoms with Crippen LogP contribution in [-0.4, -0.2) is 28.6 Å². The monoisotopic (exact) mass is 367 g/mol. The van der Waals surface area contributed by atoms with Crippen LogP contribution in [0.5, 0.6) is 0 Å². The van der Waals surface area contributed by atoms with E-state index < -0.39 is 0 Å². The summed E-state index contributed by atoms with van der Waals surface area (Å²) in [5.41, 5.74) is 3.42. The molecule has 0 aliphatic heterocycles. The molecule has 142 valence electrons. The first kappa shape index (κ1) is 18.9. The van der Waals surface area contributed by atoms with Crippen LogP contribution in [0.4, 0.5) is 5.69 Å². The second-order valence-electron chi connectivity index (χ2n) is 7.17. The molecule has 0 saturated heterocycles. The maximum atomic E-state index is 12.5. The van der Waals surface area contributed by atoms with Crippen LogP contribution in [0.2, 0.25) is 0 Å². The number of Topliss-reactive ketones (excluding diaryl/α,β-unsaturated/α-hetero) is 1. The summed E-state index contributed by atoms with van der Waals surface area (Å²) in [5.74, 6) is -0.467. The fourth-order valence-corrected chi connectivity index (χ4v) is 3.74. The van der Waals surface area contributed by atoms with Gasteiger partial charge in [0.05, 0.1) is 0 Å². The fraction of sp³-hybridized carbons (Fsp3) is 0.381. The van der Waals surface area contributed by atoms with Crippen LogP contribution >= 0.6 is 0 Å². The van der Waals surface area contributed by atoms with Crippen LogP contribution in [0.25, 0.3) is 0 Å². The molecule has 1 aliphatic rings. The van der Waals surface area contributed by atoms with E-state index in [0.717, 1.165) is 12.8 Å². The van der Waals surface area contributed by atoms with Crippen LogP contribution in [0.15, 0.2) is 24.3 Å². The van der Waals surface area contributed by atoms with Gasteiger partial charge in [-0.1, -0.05) is 12.8 Å². The summed E-state index contributed by atoms with van der Waals surface area (Å²) in [4.78, 5) is 39.5. The molecule has 1 aromatic carbocycles. The SMILES string of the molecule is CC(=O)c1c(C)[nH]c(C(=O)Nc2ccc(C(=O)NC3CCCC3)cc2)c1C. The molecule has 6 nitrogen and oxygen atoms in total. The average molecular weight is 367 g/mol. The number of hydrogen-bond acceptors (Lipinski definition) is 3. The van der Waals surface area contributed by atoms with Crippen LogP contribution in [0.1, 0.15) is 75.1 Å². The minimum absolute atomic E-state index is 0.0714. The van der Waals surface area contributed by atoms with Crippen molar-refractivity contribution in [3.63, 3.8) is 0 Å². The van der Waals surface area contributed by atoms with Gasteiger partial charge in [0.1, 0.15) is 5.69 Å². The molecule has 1 fully saturated rings. The summed E-state index contributed by atoms with van der Waals surface area (Å²) in [7, 11) is 0. The number of ketones is 1. The molecule has 0 unspecified atom stereocenters. The Morgan fingerprint density at radius 1 is 1.00 bits per heavy atom. The average Bonchev–Trinajstić information content (AvgIpc) is 3.22. The van der Waals surface area contributed by atoms with Crippen molar-refractivity contribution in [2.24, 2.45) is 0 Å². The van der Waals surface area contributed by atoms with Gasteiger partial charge in [-0.25, -0.2) is 0 Å². The third-order valence-electron chi connectivity index (χ3n) is 5.11. The van der Waals surface area contributed by atoms with Crippen LogP contribution < -0.4 is 10.6 Å². The number of H-pyrrole nitrogens is 1. The lowest BCUT2D eigenvalue weighted by Crippen LogP contribution is -2.32. The van der Waals surface area contributed by atoms with Crippen LogP contribution in [0.3, 0.4) is 0 Å². The van der Waals surface area contributed by atoms with Gasteiger partial charge in [-0.15, -0.1) is 0 Å². The number of aryl methyl sites for hydroxylation is 1. The Morgan fingerprint density at radius 3 is 2.19 bits per heavy atom. The molecule has 1 aliphatic carbocycles. The minimum atomic E-state index is -0.314. The van der Waals surface area contributed by atoms with E-state index in [9.17, 15) is 14.4 Å². The van der Waals surface area contributed by atoms with Gasteiger partial charge in [0.2, 0.25) is 0 Å². The van der Waals surface area contributed by atoms with Crippen molar-refractivity contribution >= 4 is 23.3 Å². The molecule has 2 amide bonds. The predicted octanol–water partition coefficient (Wildman–Crippen LogP) is 3.76. The third kappa shape index (κ3) is 4.10. The topological polar surface area (TPSA) is 91.1 Å². The highest BCUT2D eigenvalue weighted by Crippen LogP contribution is 2.21. The van der Waals surface area contributed by atoms with Crippen molar-refractivity contribution in [3.05, 3.63) is 52.3 Å². The molecule has 0 spiro atoms. The first-order valence-electron chi connectivity index (χ1n) is 9.29. The van der Waals surface area contributed by atoms with E-state index in [1.165, 1.54) is 19.8 Å². The van der Waals surface area contributed by atoms with Crippen molar-refractivity contribution in [2.75, 3.05) is 5.32 Å². The minimum Gasteiger partial charge on any atom is -0.354 e. The number of benzene rings is 1. The largest absolute Gasteiger partial charge is 0.354 e. The Bertz CT molecular complexity index is 875. The zero-order valence-electron chi connectivity index (χ0n) is 15.9. The number of carbonyl (C=O) groups excluding carboxylic acids is 3. The molecule has 1 aromatic heterocycles. The van der Waals surface area contributed by atoms with Gasteiger partial charge in [-0.2, -0.15) is 0 Å². The first-order valence-corrected chi connectivity index (χ1v) is 9.29. The zero-order chi connectivity index (χ0) is 19.6. The number of aromatic nitrogens is 1. The Balaban J connectivity index is 1.67. The molecule has 3 rings (SSSR count). The molecule has 1 heterocycles. The quantitative estimate of drug-likeness (QED) is 0.703. The van der Waals surface area contributed by atoms with E-state index in [4.69, 9.17) is 0 Å². The molecule has 0 bridgehead atoms. The van der Waals surface area contributed by atoms with Gasteiger partial charge in [0, 0.05) is 28.6 Å². The normalized spacial score (nSPS) is 14.2. The highest BCUT2D eigenvalue weighted by Gasteiger charge is 2.20. The van der Waals surface area contributed by atoms with Gasteiger partial charge < -0.3 is 15.6 Å². The molecule has 6 heteroatoms. The molecule has 1 saturated carbocycles. The van der Waals surface area contributed by atoms with Crippen molar-refractivity contribution in [3.8, 4) is 0 Å². The lowest BCUT2D eigenvalue weighted by atomic mass is 10.1. The maximum absolute atomic E-state index is 12.5. The van der Waals surface area contributed by atoms with E-state index in [2.05, 4.69) is 15.6 Å². The van der Waals surface area contributed by atoms with Gasteiger partial charge in [0.15, 0.2) is 5.78 Å². The molecular weight excluding hydrogens is 342 g/mol. The highest BCUT2D eigenvalue weighted by atomic mass is 16.2. The summed E-state index contributed by atoms with van der Waals surface area (Å²) in [5, 5.41) is 5.85. The number of anilines is 1. The smallest absolute Gasteiger partial charge is 0.272 e. The van der Waals surface area contributed by atoms with Gasteiger partial charge >= 0.3 is 0 Å². The summed E-state index contributed by atoms with van der Waals surface area (Å²) < 4.78 is 0. The number of hydrogen-bond donors (Lipinski definition) is 3. The predicted molar refractivity (Wildman–Crippen MR) is 104 cm³/mol. The second kappa shape index (κ2) is 7.78. The van der Waals surface area contributed by atoms with Crippen molar-refractivity contribution in [1.29, 1.82) is 0 Å². The maximum Gasteiger partial charge on any atom is 0.272 e. The molecule has 27 heavy (non-hydrogen) atoms. The Morgan fingerprint density at radius 2 is 1.63 bits per heavy atom. The first-order chi connectivity index (χ1) is 12.9. The van der Waals surface area contributed by atoms with Gasteiger partial charge in [-0.3, -0.25) is 14.4 Å². The number of aromatic amines is 1. The molecule has 3 N–H and O–H groups in total. The zero-order valence-corrected chi connectivity index (χ0v) is 15.9. The molecule has 0 radical (unpaired) electrons. The lowest BCUT2D eigenvalue weighted by molar-refractivity contribution is 0.0936. The third-order valence-corrected chi connectivity index (χ3v) is 5.11. The Labute approximate surface area is 158 Å². The van der Waals surface area contributed by atoms with E-state index in [0.29, 0.717) is 33.8 Å². The number of nitrogens with one attached hydrogen (secondary N) is 3. The van der Waals surface area contributed by atoms with Crippen LogP contribution in [-0.2, 0) is 0 Å². The second-order valence-corrected chi connectivity index (χ2v) is 7.17. The van der Waals surface area contributed by atoms with E-state index >= 15 is 0 Å². The number of carbonyl (C=O) groups is 3. The standard InChI is InChI=1S/C21H25N3O3/c1-12-18(14(3)25)13(2)22-19(12)21(27)24-17-10-8-15(9-11-17)20(26)23-16-6-4-5-7-16/h8-11,16,22H,4-7H2,1-3H3,(H,23,26)(H,24,27). The van der Waals surface area contributed by atoms with E-state index in [1.807, 2.05) is 0 Å². The molecule has 2 aromatic rings. The van der Waals surface area contributed by atoms with Gasteiger partial charge in [-0.05, 0) is 63.4 Å². The van der Waals surface area contributed by atoms with E-state index in [-0.39, 0.29) is 23.6 Å². The lowest BCUT2D eigenvalue weighted by Gasteiger charge is -2.12. The Hall–Kier alpha value is -2.89. The molecular formula is C21H25N3O3.